The van der Waals surface area contributed by atoms with Gasteiger partial charge in [0.1, 0.15) is 0 Å². The SMILES string of the molecule is CCCCC#CC(c1ccccc1)c1c[nH]c2ccc(C(=O)OC)cc12. The largest absolute Gasteiger partial charge is 0.465 e. The molecule has 3 heteroatoms. The number of H-pyrrole nitrogens is 1. The lowest BCUT2D eigenvalue weighted by Gasteiger charge is -2.11. The first-order chi connectivity index (χ1) is 12.7. The average molecular weight is 345 g/mol. The summed E-state index contributed by atoms with van der Waals surface area (Å²) in [5.41, 5.74) is 3.78. The van der Waals surface area contributed by atoms with Crippen molar-refractivity contribution in [2.75, 3.05) is 7.11 Å². The molecule has 0 bridgehead atoms. The van der Waals surface area contributed by atoms with Crippen LogP contribution < -0.4 is 0 Å². The van der Waals surface area contributed by atoms with Gasteiger partial charge in [0, 0.05) is 23.5 Å². The topological polar surface area (TPSA) is 42.1 Å². The number of hydrogen-bond donors (Lipinski definition) is 1. The summed E-state index contributed by atoms with van der Waals surface area (Å²) in [5, 5.41) is 1.01. The molecule has 1 atom stereocenters. The molecule has 1 unspecified atom stereocenters. The third-order valence-electron chi connectivity index (χ3n) is 4.48. The van der Waals surface area contributed by atoms with Crippen LogP contribution in [-0.4, -0.2) is 18.1 Å². The molecule has 0 amide bonds. The molecule has 2 aromatic carbocycles. The Balaban J connectivity index is 2.07. The zero-order valence-electron chi connectivity index (χ0n) is 15.2. The number of ether oxygens (including phenoxy) is 1. The van der Waals surface area contributed by atoms with E-state index in [-0.39, 0.29) is 11.9 Å². The summed E-state index contributed by atoms with van der Waals surface area (Å²) < 4.78 is 4.86. The third-order valence-corrected chi connectivity index (χ3v) is 4.48. The van der Waals surface area contributed by atoms with E-state index in [9.17, 15) is 4.79 Å². The molecule has 3 nitrogen and oxygen atoms in total. The fourth-order valence-corrected chi connectivity index (χ4v) is 3.05. The number of rotatable bonds is 5. The zero-order chi connectivity index (χ0) is 18.4. The number of unbranched alkanes of at least 4 members (excludes halogenated alkanes) is 2. The molecule has 26 heavy (non-hydrogen) atoms. The van der Waals surface area contributed by atoms with Crippen LogP contribution in [0.1, 0.15) is 53.6 Å². The van der Waals surface area contributed by atoms with Gasteiger partial charge in [0.05, 0.1) is 18.6 Å². The van der Waals surface area contributed by atoms with Crippen molar-refractivity contribution < 1.29 is 9.53 Å². The molecule has 0 radical (unpaired) electrons. The molecule has 0 saturated heterocycles. The number of aromatic amines is 1. The molecule has 0 aliphatic heterocycles. The van der Waals surface area contributed by atoms with Gasteiger partial charge in [0.2, 0.25) is 0 Å². The summed E-state index contributed by atoms with van der Waals surface area (Å²) in [6.45, 7) is 2.17. The number of methoxy groups -OCH3 is 1. The van der Waals surface area contributed by atoms with E-state index in [1.807, 2.05) is 36.5 Å². The number of nitrogens with one attached hydrogen (secondary N) is 1. The highest BCUT2D eigenvalue weighted by Crippen LogP contribution is 2.31. The highest BCUT2D eigenvalue weighted by Gasteiger charge is 2.17. The molecule has 0 fully saturated rings. The first-order valence-corrected chi connectivity index (χ1v) is 8.97. The molecule has 0 saturated carbocycles. The lowest BCUT2D eigenvalue weighted by Crippen LogP contribution is -2.01. The molecule has 1 aromatic heterocycles. The molecule has 3 aromatic rings. The number of fused-ring (bicyclic) bond motifs is 1. The van der Waals surface area contributed by atoms with Gasteiger partial charge in [-0.3, -0.25) is 0 Å². The van der Waals surface area contributed by atoms with Crippen LogP contribution in [0.2, 0.25) is 0 Å². The standard InChI is InChI=1S/C23H23NO2/c1-3-4-5-9-12-19(17-10-7-6-8-11-17)21-16-24-22-14-13-18(15-20(21)22)23(25)26-2/h6-8,10-11,13-16,19,24H,3-5H2,1-2H3. The average Bonchev–Trinajstić information content (AvgIpc) is 3.11. The lowest BCUT2D eigenvalue weighted by atomic mass is 9.91. The fraction of sp³-hybridized carbons (Fsp3) is 0.261. The van der Waals surface area contributed by atoms with E-state index < -0.39 is 0 Å². The molecular weight excluding hydrogens is 322 g/mol. The Hall–Kier alpha value is -2.99. The second kappa shape index (κ2) is 8.40. The molecular formula is C23H23NO2. The van der Waals surface area contributed by atoms with Crippen LogP contribution >= 0.6 is 0 Å². The summed E-state index contributed by atoms with van der Waals surface area (Å²) in [5.74, 6) is 6.41. The van der Waals surface area contributed by atoms with Crippen LogP contribution in [0.15, 0.2) is 54.7 Å². The van der Waals surface area contributed by atoms with Crippen LogP contribution in [0.3, 0.4) is 0 Å². The monoisotopic (exact) mass is 345 g/mol. The molecule has 3 rings (SSSR count). The Labute approximate surface area is 154 Å². The van der Waals surface area contributed by atoms with E-state index in [4.69, 9.17) is 4.74 Å². The van der Waals surface area contributed by atoms with E-state index in [1.165, 1.54) is 7.11 Å². The van der Waals surface area contributed by atoms with Crippen LogP contribution in [0.4, 0.5) is 0 Å². The number of hydrogen-bond acceptors (Lipinski definition) is 2. The van der Waals surface area contributed by atoms with Crippen LogP contribution in [0, 0.1) is 11.8 Å². The highest BCUT2D eigenvalue weighted by atomic mass is 16.5. The van der Waals surface area contributed by atoms with E-state index in [1.54, 1.807) is 6.07 Å². The van der Waals surface area contributed by atoms with Crippen molar-refractivity contribution in [2.45, 2.75) is 32.1 Å². The van der Waals surface area contributed by atoms with Gasteiger partial charge in [-0.05, 0) is 35.7 Å². The zero-order valence-corrected chi connectivity index (χ0v) is 15.2. The predicted octanol–water partition coefficient (Wildman–Crippen LogP) is 5.28. The minimum Gasteiger partial charge on any atom is -0.465 e. The first-order valence-electron chi connectivity index (χ1n) is 8.97. The van der Waals surface area contributed by atoms with Crippen molar-refractivity contribution in [3.8, 4) is 11.8 Å². The number of carbonyl (C=O) groups is 1. The van der Waals surface area contributed by atoms with Gasteiger partial charge in [-0.25, -0.2) is 4.79 Å². The van der Waals surface area contributed by atoms with Crippen molar-refractivity contribution in [2.24, 2.45) is 0 Å². The third kappa shape index (κ3) is 3.81. The molecule has 0 spiro atoms. The molecule has 1 heterocycles. The first kappa shape index (κ1) is 17.8. The maximum atomic E-state index is 11.9. The Morgan fingerprint density at radius 1 is 1.19 bits per heavy atom. The van der Waals surface area contributed by atoms with Gasteiger partial charge in [-0.1, -0.05) is 49.6 Å². The van der Waals surface area contributed by atoms with Crippen molar-refractivity contribution in [1.82, 2.24) is 4.98 Å². The Bertz CT molecular complexity index is 944. The van der Waals surface area contributed by atoms with E-state index in [0.717, 1.165) is 41.3 Å². The lowest BCUT2D eigenvalue weighted by molar-refractivity contribution is 0.0601. The quantitative estimate of drug-likeness (QED) is 0.388. The maximum Gasteiger partial charge on any atom is 0.337 e. The van der Waals surface area contributed by atoms with Gasteiger partial charge in [-0.15, -0.1) is 5.92 Å². The number of benzene rings is 2. The van der Waals surface area contributed by atoms with Crippen molar-refractivity contribution in [1.29, 1.82) is 0 Å². The van der Waals surface area contributed by atoms with Gasteiger partial charge in [0.25, 0.3) is 0 Å². The van der Waals surface area contributed by atoms with E-state index >= 15 is 0 Å². The van der Waals surface area contributed by atoms with Crippen molar-refractivity contribution in [3.05, 3.63) is 71.4 Å². The van der Waals surface area contributed by atoms with Crippen molar-refractivity contribution in [3.63, 3.8) is 0 Å². The summed E-state index contributed by atoms with van der Waals surface area (Å²) in [6, 6.07) is 15.8. The number of aromatic nitrogens is 1. The Morgan fingerprint density at radius 2 is 2.00 bits per heavy atom. The summed E-state index contributed by atoms with van der Waals surface area (Å²) >= 11 is 0. The van der Waals surface area contributed by atoms with Gasteiger partial charge in [0.15, 0.2) is 0 Å². The normalized spacial score (nSPS) is 11.6. The van der Waals surface area contributed by atoms with E-state index in [0.29, 0.717) is 5.56 Å². The number of esters is 1. The molecule has 132 valence electrons. The second-order valence-electron chi connectivity index (χ2n) is 6.26. The highest BCUT2D eigenvalue weighted by molar-refractivity contribution is 5.96. The summed E-state index contributed by atoms with van der Waals surface area (Å²) in [4.78, 5) is 15.2. The molecule has 1 N–H and O–H groups in total. The van der Waals surface area contributed by atoms with Crippen molar-refractivity contribution >= 4 is 16.9 Å². The molecule has 0 aliphatic carbocycles. The Kier molecular flexibility index (Phi) is 5.76. The smallest absolute Gasteiger partial charge is 0.337 e. The minimum absolute atomic E-state index is 0.0327. The predicted molar refractivity (Wildman–Crippen MR) is 105 cm³/mol. The maximum absolute atomic E-state index is 11.9. The Morgan fingerprint density at radius 3 is 2.73 bits per heavy atom. The van der Waals surface area contributed by atoms with Gasteiger partial charge < -0.3 is 9.72 Å². The minimum atomic E-state index is -0.329. The summed E-state index contributed by atoms with van der Waals surface area (Å²) in [6.07, 6.45) is 5.14. The fourth-order valence-electron chi connectivity index (χ4n) is 3.05. The van der Waals surface area contributed by atoms with Gasteiger partial charge >= 0.3 is 5.97 Å². The second-order valence-corrected chi connectivity index (χ2v) is 6.26. The van der Waals surface area contributed by atoms with Gasteiger partial charge in [-0.2, -0.15) is 0 Å². The molecule has 0 aliphatic rings. The number of carbonyl (C=O) groups excluding carboxylic acids is 1. The van der Waals surface area contributed by atoms with E-state index in [2.05, 4.69) is 35.9 Å². The van der Waals surface area contributed by atoms with Crippen LogP contribution in [0.5, 0.6) is 0 Å². The summed E-state index contributed by atoms with van der Waals surface area (Å²) in [7, 11) is 1.40. The van der Waals surface area contributed by atoms with Crippen LogP contribution in [0.25, 0.3) is 10.9 Å². The van der Waals surface area contributed by atoms with Crippen LogP contribution in [-0.2, 0) is 4.74 Å².